The van der Waals surface area contributed by atoms with Gasteiger partial charge in [0, 0.05) is 5.41 Å². The molecule has 2 amide bonds. The van der Waals surface area contributed by atoms with E-state index in [4.69, 9.17) is 0 Å². The lowest BCUT2D eigenvalue weighted by Gasteiger charge is -2.55. The molecule has 22 heavy (non-hydrogen) atoms. The monoisotopic (exact) mass is 318 g/mol. The van der Waals surface area contributed by atoms with E-state index in [1.54, 1.807) is 5.32 Å². The highest BCUT2D eigenvalue weighted by Gasteiger charge is 2.54. The molecule has 0 radical (unpaired) electrons. The topological polar surface area (TPSA) is 58.2 Å². The highest BCUT2D eigenvalue weighted by molar-refractivity contribution is 5.88. The molecule has 4 saturated carbocycles. The zero-order chi connectivity index (χ0) is 16.0. The quantitative estimate of drug-likeness (QED) is 0.833. The Labute approximate surface area is 127 Å². The minimum absolute atomic E-state index is 0.145. The fourth-order valence-electron chi connectivity index (χ4n) is 5.00. The maximum absolute atomic E-state index is 12.5. The summed E-state index contributed by atoms with van der Waals surface area (Å²) in [5.74, 6) is 0.882. The largest absolute Gasteiger partial charge is 0.405 e. The molecule has 4 rings (SSSR count). The first-order valence-corrected chi connectivity index (χ1v) is 7.87. The van der Waals surface area contributed by atoms with Crippen LogP contribution in [0.1, 0.15) is 38.5 Å². The summed E-state index contributed by atoms with van der Waals surface area (Å²) in [5, 5.41) is 4.33. The van der Waals surface area contributed by atoms with Crippen molar-refractivity contribution in [3.8, 4) is 0 Å². The average molecular weight is 318 g/mol. The van der Waals surface area contributed by atoms with Gasteiger partial charge in [-0.2, -0.15) is 13.2 Å². The number of halogens is 3. The predicted octanol–water partition coefficient (Wildman–Crippen LogP) is 2.00. The van der Waals surface area contributed by atoms with Crippen LogP contribution in [0.25, 0.3) is 0 Å². The third-order valence-corrected chi connectivity index (χ3v) is 5.42. The molecule has 0 saturated heterocycles. The molecule has 2 N–H and O–H groups in total. The molecule has 124 valence electrons. The van der Waals surface area contributed by atoms with Gasteiger partial charge in [-0.15, -0.1) is 0 Å². The van der Waals surface area contributed by atoms with Gasteiger partial charge >= 0.3 is 6.18 Å². The van der Waals surface area contributed by atoms with Gasteiger partial charge in [-0.25, -0.2) is 0 Å². The summed E-state index contributed by atoms with van der Waals surface area (Å²) in [6.07, 6.45) is 1.80. The first-order chi connectivity index (χ1) is 10.3. The van der Waals surface area contributed by atoms with Crippen molar-refractivity contribution in [1.29, 1.82) is 0 Å². The number of carbonyl (C=O) groups is 2. The molecular weight excluding hydrogens is 297 g/mol. The molecular formula is C15H21F3N2O2. The summed E-state index contributed by atoms with van der Waals surface area (Å²) >= 11 is 0. The molecule has 0 atom stereocenters. The lowest BCUT2D eigenvalue weighted by molar-refractivity contribution is -0.147. The zero-order valence-electron chi connectivity index (χ0n) is 12.3. The van der Waals surface area contributed by atoms with Crippen LogP contribution in [0.5, 0.6) is 0 Å². The third kappa shape index (κ3) is 3.22. The molecule has 7 heteroatoms. The fraction of sp³-hybridized carbons (Fsp3) is 0.867. The molecule has 4 nitrogen and oxygen atoms in total. The van der Waals surface area contributed by atoms with Crippen LogP contribution in [-0.4, -0.2) is 31.1 Å². The van der Waals surface area contributed by atoms with Crippen LogP contribution in [0.4, 0.5) is 13.2 Å². The minimum Gasteiger partial charge on any atom is -0.347 e. The first kappa shape index (κ1) is 15.6. The summed E-state index contributed by atoms with van der Waals surface area (Å²) in [5.41, 5.74) is -0.376. The SMILES string of the molecule is O=C(CNC(=O)C12CC3CC(CC(C3)C1)C2)NCC(F)(F)F. The van der Waals surface area contributed by atoms with Crippen molar-refractivity contribution in [2.24, 2.45) is 23.2 Å². The Kier molecular flexibility index (Phi) is 3.85. The Morgan fingerprint density at radius 1 is 0.955 bits per heavy atom. The summed E-state index contributed by atoms with van der Waals surface area (Å²) < 4.78 is 36.1. The first-order valence-electron chi connectivity index (χ1n) is 7.87. The number of amides is 2. The van der Waals surface area contributed by atoms with Crippen LogP contribution in [-0.2, 0) is 9.59 Å². The number of hydrogen-bond acceptors (Lipinski definition) is 2. The highest BCUT2D eigenvalue weighted by atomic mass is 19.4. The Bertz CT molecular complexity index is 441. The molecule has 4 aliphatic carbocycles. The van der Waals surface area contributed by atoms with Crippen molar-refractivity contribution >= 4 is 11.8 Å². The molecule has 4 fully saturated rings. The Morgan fingerprint density at radius 2 is 1.45 bits per heavy atom. The van der Waals surface area contributed by atoms with E-state index in [-0.39, 0.29) is 17.9 Å². The normalized spacial score (nSPS) is 36.2. The predicted molar refractivity (Wildman–Crippen MR) is 72.7 cm³/mol. The molecule has 4 aliphatic rings. The van der Waals surface area contributed by atoms with Crippen LogP contribution < -0.4 is 10.6 Å². The Hall–Kier alpha value is -1.27. The lowest BCUT2D eigenvalue weighted by atomic mass is 9.49. The smallest absolute Gasteiger partial charge is 0.347 e. The van der Waals surface area contributed by atoms with E-state index in [0.29, 0.717) is 17.8 Å². The van der Waals surface area contributed by atoms with Gasteiger partial charge in [-0.05, 0) is 56.3 Å². The summed E-state index contributed by atoms with van der Waals surface area (Å²) in [6.45, 7) is -1.74. The number of alkyl halides is 3. The number of hydrogen-bond donors (Lipinski definition) is 2. The maximum atomic E-state index is 12.5. The van der Waals surface area contributed by atoms with Crippen LogP contribution in [0.15, 0.2) is 0 Å². The molecule has 0 aliphatic heterocycles. The van der Waals surface area contributed by atoms with Gasteiger partial charge in [0.1, 0.15) is 6.54 Å². The van der Waals surface area contributed by atoms with Crippen molar-refractivity contribution in [1.82, 2.24) is 10.6 Å². The van der Waals surface area contributed by atoms with Crippen LogP contribution >= 0.6 is 0 Å². The molecule has 0 aromatic heterocycles. The van der Waals surface area contributed by atoms with Gasteiger partial charge in [-0.3, -0.25) is 9.59 Å². The molecule has 0 spiro atoms. The standard InChI is InChI=1S/C15H21F3N2O2/c16-15(17,18)8-20-12(21)7-19-13(22)14-4-9-1-10(5-14)3-11(2-9)6-14/h9-11H,1-8H2,(H,19,22)(H,20,21). The number of carbonyl (C=O) groups excluding carboxylic acids is 2. The van der Waals surface area contributed by atoms with Gasteiger partial charge < -0.3 is 10.6 Å². The lowest BCUT2D eigenvalue weighted by Crippen LogP contribution is -2.54. The van der Waals surface area contributed by atoms with Gasteiger partial charge in [0.05, 0.1) is 6.54 Å². The molecule has 0 aromatic rings. The van der Waals surface area contributed by atoms with Crippen LogP contribution in [0.3, 0.4) is 0 Å². The second-order valence-electron chi connectivity index (χ2n) is 7.27. The van der Waals surface area contributed by atoms with Gasteiger partial charge in [0.15, 0.2) is 0 Å². The minimum atomic E-state index is -4.43. The van der Waals surface area contributed by atoms with Crippen molar-refractivity contribution in [3.05, 3.63) is 0 Å². The second-order valence-corrected chi connectivity index (χ2v) is 7.27. The molecule has 0 heterocycles. The van der Waals surface area contributed by atoms with Crippen molar-refractivity contribution in [2.45, 2.75) is 44.7 Å². The third-order valence-electron chi connectivity index (χ3n) is 5.42. The van der Waals surface area contributed by atoms with E-state index >= 15 is 0 Å². The number of rotatable bonds is 4. The van der Waals surface area contributed by atoms with E-state index in [1.165, 1.54) is 19.3 Å². The van der Waals surface area contributed by atoms with Gasteiger partial charge in [0.2, 0.25) is 11.8 Å². The van der Waals surface area contributed by atoms with E-state index in [9.17, 15) is 22.8 Å². The molecule has 0 aromatic carbocycles. The van der Waals surface area contributed by atoms with Crippen molar-refractivity contribution < 1.29 is 22.8 Å². The molecule has 0 unspecified atom stereocenters. The molecule has 4 bridgehead atoms. The fourth-order valence-corrected chi connectivity index (χ4v) is 5.00. The average Bonchev–Trinajstić information content (AvgIpc) is 2.40. The van der Waals surface area contributed by atoms with E-state index in [0.717, 1.165) is 19.3 Å². The Morgan fingerprint density at radius 3 is 1.91 bits per heavy atom. The maximum Gasteiger partial charge on any atom is 0.405 e. The second kappa shape index (κ2) is 5.42. The van der Waals surface area contributed by atoms with Gasteiger partial charge in [0.25, 0.3) is 0 Å². The Balaban J connectivity index is 1.51. The summed E-state index contributed by atoms with van der Waals surface area (Å²) in [6, 6.07) is 0. The summed E-state index contributed by atoms with van der Waals surface area (Å²) in [4.78, 5) is 23.9. The number of nitrogens with one attached hydrogen (secondary N) is 2. The zero-order valence-corrected chi connectivity index (χ0v) is 12.3. The van der Waals surface area contributed by atoms with Crippen LogP contribution in [0, 0.1) is 23.2 Å². The highest BCUT2D eigenvalue weighted by Crippen LogP contribution is 2.60. The van der Waals surface area contributed by atoms with Crippen molar-refractivity contribution in [3.63, 3.8) is 0 Å². The van der Waals surface area contributed by atoms with E-state index < -0.39 is 18.6 Å². The van der Waals surface area contributed by atoms with E-state index in [2.05, 4.69) is 5.32 Å². The van der Waals surface area contributed by atoms with Gasteiger partial charge in [-0.1, -0.05) is 0 Å². The summed E-state index contributed by atoms with van der Waals surface area (Å²) in [7, 11) is 0. The van der Waals surface area contributed by atoms with E-state index in [1.807, 2.05) is 0 Å². The van der Waals surface area contributed by atoms with Crippen molar-refractivity contribution in [2.75, 3.05) is 13.1 Å². The van der Waals surface area contributed by atoms with Crippen LogP contribution in [0.2, 0.25) is 0 Å².